The first kappa shape index (κ1) is 24.7. The van der Waals surface area contributed by atoms with E-state index in [9.17, 15) is 14.7 Å². The number of rotatable bonds is 6. The number of Topliss-reactive ketones (excluding diaryl/α,β-unsaturated/α-hetero) is 1. The molecule has 1 atom stereocenters. The number of aliphatic hydroxyl groups is 1. The van der Waals surface area contributed by atoms with Crippen molar-refractivity contribution >= 4 is 45.5 Å². The first-order valence-corrected chi connectivity index (χ1v) is 12.7. The minimum atomic E-state index is -0.914. The van der Waals surface area contributed by atoms with E-state index in [0.717, 1.165) is 11.1 Å². The standard InChI is InChI=1S/C28H22ClN3O4S/c1-16-6-3-4-7-20(16)15-36-22-12-10-18(11-13-22)25(33)23-24(19-8-5-9-21(29)14-19)32(27(35)26(23)34)28-31-30-17(2)37-28/h3-14,24,33H,15H2,1-2H3/b25-23+/t24-/m1/s1. The van der Waals surface area contributed by atoms with E-state index in [4.69, 9.17) is 16.3 Å². The second-order valence-corrected chi connectivity index (χ2v) is 10.2. The summed E-state index contributed by atoms with van der Waals surface area (Å²) in [5, 5.41) is 20.7. The Morgan fingerprint density at radius 3 is 2.46 bits per heavy atom. The smallest absolute Gasteiger partial charge is 0.301 e. The molecule has 1 amide bonds. The van der Waals surface area contributed by atoms with Crippen LogP contribution < -0.4 is 9.64 Å². The summed E-state index contributed by atoms with van der Waals surface area (Å²) in [5.41, 5.74) is 3.10. The number of aliphatic hydroxyl groups excluding tert-OH is 1. The lowest BCUT2D eigenvalue weighted by atomic mass is 9.95. The number of aromatic nitrogens is 2. The highest BCUT2D eigenvalue weighted by Crippen LogP contribution is 2.43. The summed E-state index contributed by atoms with van der Waals surface area (Å²) in [5.74, 6) is -1.29. The largest absolute Gasteiger partial charge is 0.507 e. The third-order valence-corrected chi connectivity index (χ3v) is 7.19. The molecule has 4 aromatic rings. The van der Waals surface area contributed by atoms with Crippen molar-refractivity contribution in [1.82, 2.24) is 10.2 Å². The highest BCUT2D eigenvalue weighted by atomic mass is 35.5. The van der Waals surface area contributed by atoms with Crippen LogP contribution >= 0.6 is 22.9 Å². The first-order valence-electron chi connectivity index (χ1n) is 11.5. The summed E-state index contributed by atoms with van der Waals surface area (Å²) >= 11 is 7.42. The van der Waals surface area contributed by atoms with Gasteiger partial charge in [0.2, 0.25) is 5.13 Å². The Morgan fingerprint density at radius 1 is 1.03 bits per heavy atom. The van der Waals surface area contributed by atoms with Crippen molar-refractivity contribution in [3.63, 3.8) is 0 Å². The zero-order valence-corrected chi connectivity index (χ0v) is 21.6. The molecule has 0 bridgehead atoms. The number of halogens is 1. The van der Waals surface area contributed by atoms with Crippen molar-refractivity contribution in [2.24, 2.45) is 0 Å². The summed E-state index contributed by atoms with van der Waals surface area (Å²) < 4.78 is 5.90. The van der Waals surface area contributed by atoms with E-state index in [1.165, 1.54) is 16.2 Å². The zero-order valence-electron chi connectivity index (χ0n) is 20.0. The molecule has 186 valence electrons. The lowest BCUT2D eigenvalue weighted by molar-refractivity contribution is -0.132. The van der Waals surface area contributed by atoms with Crippen LogP contribution in [0.5, 0.6) is 5.75 Å². The highest BCUT2D eigenvalue weighted by molar-refractivity contribution is 7.15. The van der Waals surface area contributed by atoms with E-state index in [-0.39, 0.29) is 16.5 Å². The van der Waals surface area contributed by atoms with E-state index < -0.39 is 17.7 Å². The Kier molecular flexibility index (Phi) is 6.78. The number of ketones is 1. The number of hydrogen-bond acceptors (Lipinski definition) is 7. The molecule has 37 heavy (non-hydrogen) atoms. The number of amides is 1. The van der Waals surface area contributed by atoms with Crippen molar-refractivity contribution in [2.75, 3.05) is 4.90 Å². The van der Waals surface area contributed by atoms with Gasteiger partial charge in [0.05, 0.1) is 11.6 Å². The first-order chi connectivity index (χ1) is 17.8. The van der Waals surface area contributed by atoms with Gasteiger partial charge in [-0.3, -0.25) is 14.5 Å². The number of benzene rings is 3. The second-order valence-electron chi connectivity index (χ2n) is 8.57. The molecule has 1 aromatic heterocycles. The Balaban J connectivity index is 1.51. The van der Waals surface area contributed by atoms with Crippen LogP contribution in [0, 0.1) is 13.8 Å². The molecule has 7 nitrogen and oxygen atoms in total. The Bertz CT molecular complexity index is 1530. The summed E-state index contributed by atoms with van der Waals surface area (Å²) in [7, 11) is 0. The molecular weight excluding hydrogens is 510 g/mol. The average Bonchev–Trinajstić information content (AvgIpc) is 3.43. The third kappa shape index (κ3) is 4.85. The minimum Gasteiger partial charge on any atom is -0.507 e. The van der Waals surface area contributed by atoms with Crippen molar-refractivity contribution in [2.45, 2.75) is 26.5 Å². The monoisotopic (exact) mass is 531 g/mol. The van der Waals surface area contributed by atoms with Gasteiger partial charge in [0.25, 0.3) is 5.78 Å². The van der Waals surface area contributed by atoms with Gasteiger partial charge in [-0.05, 0) is 66.9 Å². The van der Waals surface area contributed by atoms with Crippen LogP contribution in [0.1, 0.15) is 33.3 Å². The van der Waals surface area contributed by atoms with Crippen molar-refractivity contribution < 1.29 is 19.4 Å². The normalized spacial score (nSPS) is 16.8. The van der Waals surface area contributed by atoms with E-state index in [2.05, 4.69) is 10.2 Å². The van der Waals surface area contributed by atoms with Crippen LogP contribution in [0.4, 0.5) is 5.13 Å². The number of ether oxygens (including phenoxy) is 1. The van der Waals surface area contributed by atoms with Crippen molar-refractivity contribution in [3.8, 4) is 5.75 Å². The number of carbonyl (C=O) groups excluding carboxylic acids is 2. The molecule has 0 unspecified atom stereocenters. The van der Waals surface area contributed by atoms with Gasteiger partial charge in [-0.25, -0.2) is 0 Å². The van der Waals surface area contributed by atoms with Gasteiger partial charge in [0.15, 0.2) is 0 Å². The molecule has 5 rings (SSSR count). The molecule has 0 spiro atoms. The zero-order chi connectivity index (χ0) is 26.1. The predicted octanol–water partition coefficient (Wildman–Crippen LogP) is 6.01. The number of carbonyl (C=O) groups is 2. The van der Waals surface area contributed by atoms with Crippen LogP contribution in [0.15, 0.2) is 78.4 Å². The summed E-state index contributed by atoms with van der Waals surface area (Å²) in [6.07, 6.45) is 0. The second kappa shape index (κ2) is 10.2. The van der Waals surface area contributed by atoms with Gasteiger partial charge in [-0.1, -0.05) is 59.3 Å². The molecule has 0 aliphatic carbocycles. The molecule has 0 radical (unpaired) electrons. The fraction of sp³-hybridized carbons (Fsp3) is 0.143. The number of aryl methyl sites for hydroxylation is 2. The van der Waals surface area contributed by atoms with E-state index >= 15 is 0 Å². The lowest BCUT2D eigenvalue weighted by Gasteiger charge is -2.22. The molecule has 2 heterocycles. The molecule has 3 aromatic carbocycles. The maximum absolute atomic E-state index is 13.2. The fourth-order valence-corrected chi connectivity index (χ4v) is 5.12. The molecule has 1 N–H and O–H groups in total. The van der Waals surface area contributed by atoms with Crippen LogP contribution in [0.2, 0.25) is 5.02 Å². The Morgan fingerprint density at radius 2 is 1.78 bits per heavy atom. The van der Waals surface area contributed by atoms with Crippen LogP contribution in [-0.2, 0) is 16.2 Å². The van der Waals surface area contributed by atoms with E-state index in [1.807, 2.05) is 31.2 Å². The van der Waals surface area contributed by atoms with Crippen LogP contribution in [-0.4, -0.2) is 27.0 Å². The Hall–Kier alpha value is -4.01. The van der Waals surface area contributed by atoms with Crippen molar-refractivity contribution in [3.05, 3.63) is 111 Å². The molecular formula is C28H22ClN3O4S. The minimum absolute atomic E-state index is 0.0475. The summed E-state index contributed by atoms with van der Waals surface area (Å²) in [4.78, 5) is 27.6. The number of anilines is 1. The van der Waals surface area contributed by atoms with Gasteiger partial charge in [0.1, 0.15) is 23.1 Å². The molecule has 0 saturated carbocycles. The number of hydrogen-bond donors (Lipinski definition) is 1. The summed E-state index contributed by atoms with van der Waals surface area (Å²) in [6.45, 7) is 4.18. The molecule has 9 heteroatoms. The van der Waals surface area contributed by atoms with Gasteiger partial charge >= 0.3 is 5.91 Å². The molecule has 1 aliphatic heterocycles. The van der Waals surface area contributed by atoms with Crippen LogP contribution in [0.25, 0.3) is 5.76 Å². The van der Waals surface area contributed by atoms with Crippen LogP contribution in [0.3, 0.4) is 0 Å². The quantitative estimate of drug-likeness (QED) is 0.186. The Labute approximate surface area is 222 Å². The maximum atomic E-state index is 13.2. The lowest BCUT2D eigenvalue weighted by Crippen LogP contribution is -2.29. The van der Waals surface area contributed by atoms with Crippen molar-refractivity contribution in [1.29, 1.82) is 0 Å². The molecule has 1 saturated heterocycles. The molecule has 1 aliphatic rings. The fourth-order valence-electron chi connectivity index (χ4n) is 4.20. The predicted molar refractivity (Wildman–Crippen MR) is 143 cm³/mol. The topological polar surface area (TPSA) is 92.6 Å². The van der Waals surface area contributed by atoms with Gasteiger partial charge in [-0.15, -0.1) is 10.2 Å². The summed E-state index contributed by atoms with van der Waals surface area (Å²) in [6, 6.07) is 20.6. The average molecular weight is 532 g/mol. The third-order valence-electron chi connectivity index (χ3n) is 6.11. The van der Waals surface area contributed by atoms with E-state index in [1.54, 1.807) is 55.5 Å². The van der Waals surface area contributed by atoms with Gasteiger partial charge in [-0.2, -0.15) is 0 Å². The van der Waals surface area contributed by atoms with E-state index in [0.29, 0.717) is 33.5 Å². The van der Waals surface area contributed by atoms with Gasteiger partial charge in [0, 0.05) is 10.6 Å². The number of nitrogens with zero attached hydrogens (tertiary/aromatic N) is 3. The molecule has 1 fully saturated rings. The SMILES string of the molecule is Cc1nnc(N2C(=O)C(=O)/C(=C(/O)c3ccc(OCc4ccccc4C)cc3)[C@H]2c2cccc(Cl)c2)s1. The van der Waals surface area contributed by atoms with Gasteiger partial charge < -0.3 is 9.84 Å². The highest BCUT2D eigenvalue weighted by Gasteiger charge is 2.48. The maximum Gasteiger partial charge on any atom is 0.301 e.